The standard InChI is InChI=1S/C21H19ClN4O2/c1-28-19-8-7-16(9-17(19)22)25-21(27)15-11-26(12-15)20-10-18(23-13-24-20)14-5-3-2-4-6-14/h2-10,13,15H,11-12H2,1H3,(H,25,27). The summed E-state index contributed by atoms with van der Waals surface area (Å²) in [7, 11) is 1.55. The number of amides is 1. The molecule has 1 amide bonds. The van der Waals surface area contributed by atoms with Crippen LogP contribution in [0.1, 0.15) is 0 Å². The van der Waals surface area contributed by atoms with E-state index in [0.29, 0.717) is 29.5 Å². The number of hydrogen-bond acceptors (Lipinski definition) is 5. The van der Waals surface area contributed by atoms with Crippen molar-refractivity contribution in [3.05, 3.63) is 65.9 Å². The zero-order valence-corrected chi connectivity index (χ0v) is 16.1. The van der Waals surface area contributed by atoms with Crippen LogP contribution in [-0.2, 0) is 4.79 Å². The Morgan fingerprint density at radius 2 is 1.93 bits per heavy atom. The SMILES string of the molecule is COc1ccc(NC(=O)C2CN(c3cc(-c4ccccc4)ncn3)C2)cc1Cl. The lowest BCUT2D eigenvalue weighted by Crippen LogP contribution is -2.52. The smallest absolute Gasteiger partial charge is 0.231 e. The quantitative estimate of drug-likeness (QED) is 0.711. The summed E-state index contributed by atoms with van der Waals surface area (Å²) in [5.74, 6) is 1.27. The fourth-order valence-corrected chi connectivity index (χ4v) is 3.36. The molecule has 1 fully saturated rings. The van der Waals surface area contributed by atoms with Crippen molar-refractivity contribution < 1.29 is 9.53 Å². The van der Waals surface area contributed by atoms with Crippen LogP contribution in [0.15, 0.2) is 60.9 Å². The molecule has 0 radical (unpaired) electrons. The molecule has 1 saturated heterocycles. The maximum atomic E-state index is 12.5. The molecule has 7 heteroatoms. The van der Waals surface area contributed by atoms with Gasteiger partial charge in [-0.2, -0.15) is 0 Å². The summed E-state index contributed by atoms with van der Waals surface area (Å²) in [6.07, 6.45) is 1.56. The Morgan fingerprint density at radius 3 is 2.64 bits per heavy atom. The van der Waals surface area contributed by atoms with Gasteiger partial charge in [0.2, 0.25) is 5.91 Å². The van der Waals surface area contributed by atoms with E-state index in [4.69, 9.17) is 16.3 Å². The Morgan fingerprint density at radius 1 is 1.14 bits per heavy atom. The van der Waals surface area contributed by atoms with Crippen LogP contribution < -0.4 is 15.0 Å². The van der Waals surface area contributed by atoms with E-state index in [9.17, 15) is 4.79 Å². The molecular formula is C21H19ClN4O2. The van der Waals surface area contributed by atoms with Gasteiger partial charge < -0.3 is 15.0 Å². The number of halogens is 1. The summed E-state index contributed by atoms with van der Waals surface area (Å²) in [5.41, 5.74) is 2.56. The van der Waals surface area contributed by atoms with E-state index in [1.807, 2.05) is 36.4 Å². The molecule has 0 bridgehead atoms. The van der Waals surface area contributed by atoms with Gasteiger partial charge in [0, 0.05) is 30.4 Å². The average Bonchev–Trinajstić information content (AvgIpc) is 2.68. The maximum absolute atomic E-state index is 12.5. The van der Waals surface area contributed by atoms with Crippen molar-refractivity contribution in [2.45, 2.75) is 0 Å². The number of carbonyl (C=O) groups is 1. The monoisotopic (exact) mass is 394 g/mol. The number of methoxy groups -OCH3 is 1. The second-order valence-electron chi connectivity index (χ2n) is 6.57. The summed E-state index contributed by atoms with van der Waals surface area (Å²) < 4.78 is 5.13. The van der Waals surface area contributed by atoms with Gasteiger partial charge >= 0.3 is 0 Å². The molecule has 2 heterocycles. The molecule has 28 heavy (non-hydrogen) atoms. The summed E-state index contributed by atoms with van der Waals surface area (Å²) in [4.78, 5) is 23.2. The predicted molar refractivity (Wildman–Crippen MR) is 110 cm³/mol. The molecule has 2 aromatic carbocycles. The highest BCUT2D eigenvalue weighted by Gasteiger charge is 2.33. The minimum Gasteiger partial charge on any atom is -0.495 e. The van der Waals surface area contributed by atoms with Crippen molar-refractivity contribution in [2.75, 3.05) is 30.4 Å². The molecule has 0 unspecified atom stereocenters. The molecule has 1 N–H and O–H groups in total. The molecule has 1 aliphatic rings. The van der Waals surface area contributed by atoms with Crippen molar-refractivity contribution in [1.29, 1.82) is 0 Å². The van der Waals surface area contributed by atoms with E-state index in [1.165, 1.54) is 0 Å². The Hall–Kier alpha value is -3.12. The summed E-state index contributed by atoms with van der Waals surface area (Å²) in [6, 6.07) is 17.1. The molecular weight excluding hydrogens is 376 g/mol. The Bertz CT molecular complexity index is 991. The molecule has 3 aromatic rings. The van der Waals surface area contributed by atoms with E-state index in [-0.39, 0.29) is 11.8 Å². The molecule has 0 atom stereocenters. The number of ether oxygens (including phenoxy) is 1. The highest BCUT2D eigenvalue weighted by molar-refractivity contribution is 6.32. The first-order valence-corrected chi connectivity index (χ1v) is 9.28. The maximum Gasteiger partial charge on any atom is 0.231 e. The van der Waals surface area contributed by atoms with E-state index in [0.717, 1.165) is 17.1 Å². The minimum atomic E-state index is -0.101. The third-order valence-electron chi connectivity index (χ3n) is 4.72. The summed E-state index contributed by atoms with van der Waals surface area (Å²) in [6.45, 7) is 1.22. The normalized spacial score (nSPS) is 13.7. The highest BCUT2D eigenvalue weighted by Crippen LogP contribution is 2.29. The zero-order chi connectivity index (χ0) is 19.5. The van der Waals surface area contributed by atoms with Gasteiger partial charge in [0.05, 0.1) is 23.7 Å². The van der Waals surface area contributed by atoms with Gasteiger partial charge in [-0.15, -0.1) is 0 Å². The highest BCUT2D eigenvalue weighted by atomic mass is 35.5. The molecule has 0 spiro atoms. The summed E-state index contributed by atoms with van der Waals surface area (Å²) >= 11 is 6.11. The summed E-state index contributed by atoms with van der Waals surface area (Å²) in [5, 5.41) is 3.37. The van der Waals surface area contributed by atoms with E-state index in [1.54, 1.807) is 31.6 Å². The number of nitrogens with zero attached hydrogens (tertiary/aromatic N) is 3. The van der Waals surface area contributed by atoms with Gasteiger partial charge in [-0.3, -0.25) is 4.79 Å². The topological polar surface area (TPSA) is 67.3 Å². The van der Waals surface area contributed by atoms with Crippen molar-refractivity contribution in [3.63, 3.8) is 0 Å². The van der Waals surface area contributed by atoms with Crippen LogP contribution in [0.5, 0.6) is 5.75 Å². The van der Waals surface area contributed by atoms with Gasteiger partial charge in [0.25, 0.3) is 0 Å². The number of hydrogen-bond donors (Lipinski definition) is 1. The molecule has 6 nitrogen and oxygen atoms in total. The molecule has 0 aliphatic carbocycles. The van der Waals surface area contributed by atoms with Crippen LogP contribution >= 0.6 is 11.6 Å². The van der Waals surface area contributed by atoms with Crippen molar-refractivity contribution in [1.82, 2.24) is 9.97 Å². The van der Waals surface area contributed by atoms with Crippen LogP contribution in [0, 0.1) is 5.92 Å². The lowest BCUT2D eigenvalue weighted by atomic mass is 9.99. The van der Waals surface area contributed by atoms with E-state index >= 15 is 0 Å². The van der Waals surface area contributed by atoms with Crippen LogP contribution in [0.2, 0.25) is 5.02 Å². The fraction of sp³-hybridized carbons (Fsp3) is 0.190. The Labute approximate surface area is 168 Å². The third-order valence-corrected chi connectivity index (χ3v) is 5.01. The number of nitrogens with one attached hydrogen (secondary N) is 1. The number of anilines is 2. The van der Waals surface area contributed by atoms with Crippen LogP contribution in [0.3, 0.4) is 0 Å². The molecule has 142 valence electrons. The van der Waals surface area contributed by atoms with Gasteiger partial charge in [0.1, 0.15) is 17.9 Å². The second-order valence-corrected chi connectivity index (χ2v) is 6.98. The predicted octanol–water partition coefficient (Wildman–Crippen LogP) is 3.88. The van der Waals surface area contributed by atoms with Gasteiger partial charge in [0.15, 0.2) is 0 Å². The van der Waals surface area contributed by atoms with Gasteiger partial charge in [-0.1, -0.05) is 41.9 Å². The van der Waals surface area contributed by atoms with Crippen molar-refractivity contribution in [2.24, 2.45) is 5.92 Å². The van der Waals surface area contributed by atoms with Gasteiger partial charge in [-0.25, -0.2) is 9.97 Å². The van der Waals surface area contributed by atoms with E-state index < -0.39 is 0 Å². The number of carbonyl (C=O) groups excluding carboxylic acids is 1. The van der Waals surface area contributed by atoms with Crippen LogP contribution in [0.25, 0.3) is 11.3 Å². The number of rotatable bonds is 5. The van der Waals surface area contributed by atoms with Crippen LogP contribution in [0.4, 0.5) is 11.5 Å². The molecule has 4 rings (SSSR count). The van der Waals surface area contributed by atoms with E-state index in [2.05, 4.69) is 20.2 Å². The second kappa shape index (κ2) is 7.86. The first-order chi connectivity index (χ1) is 13.6. The number of aromatic nitrogens is 2. The Kier molecular flexibility index (Phi) is 5.12. The first kappa shape index (κ1) is 18.3. The first-order valence-electron chi connectivity index (χ1n) is 8.91. The molecule has 1 aliphatic heterocycles. The largest absolute Gasteiger partial charge is 0.495 e. The average molecular weight is 395 g/mol. The van der Waals surface area contributed by atoms with Crippen molar-refractivity contribution >= 4 is 29.0 Å². The number of benzene rings is 2. The van der Waals surface area contributed by atoms with Crippen LogP contribution in [-0.4, -0.2) is 36.1 Å². The lowest BCUT2D eigenvalue weighted by molar-refractivity contribution is -0.120. The van der Waals surface area contributed by atoms with Gasteiger partial charge in [-0.05, 0) is 18.2 Å². The Balaban J connectivity index is 1.38. The van der Waals surface area contributed by atoms with Crippen molar-refractivity contribution in [3.8, 4) is 17.0 Å². The third kappa shape index (κ3) is 3.77. The zero-order valence-electron chi connectivity index (χ0n) is 15.3. The molecule has 0 saturated carbocycles. The lowest BCUT2D eigenvalue weighted by Gasteiger charge is -2.39. The fourth-order valence-electron chi connectivity index (χ4n) is 3.11. The minimum absolute atomic E-state index is 0.0326. The molecule has 1 aromatic heterocycles.